The molecule has 2 aromatic rings. The van der Waals surface area contributed by atoms with Crippen LogP contribution in [0.3, 0.4) is 0 Å². The van der Waals surface area contributed by atoms with Gasteiger partial charge in [0.15, 0.2) is 5.16 Å². The van der Waals surface area contributed by atoms with Crippen LogP contribution in [0, 0.1) is 0 Å². The molecule has 0 radical (unpaired) electrons. The molecule has 5 nitrogen and oxygen atoms in total. The summed E-state index contributed by atoms with van der Waals surface area (Å²) < 4.78 is 1.92. The van der Waals surface area contributed by atoms with Crippen LogP contribution in [0.25, 0.3) is 0 Å². The second-order valence-corrected chi connectivity index (χ2v) is 5.90. The summed E-state index contributed by atoms with van der Waals surface area (Å²) in [7, 11) is 1.91. The number of benzene rings is 1. The summed E-state index contributed by atoms with van der Waals surface area (Å²) in [6.07, 6.45) is 0.823. The Morgan fingerprint density at radius 1 is 1.35 bits per heavy atom. The van der Waals surface area contributed by atoms with Gasteiger partial charge in [0.25, 0.3) is 0 Å². The number of hydrogen-bond acceptors (Lipinski definition) is 4. The van der Waals surface area contributed by atoms with Crippen molar-refractivity contribution in [3.8, 4) is 0 Å². The molecule has 0 spiro atoms. The van der Waals surface area contributed by atoms with Crippen molar-refractivity contribution in [2.75, 3.05) is 0 Å². The molecule has 1 amide bonds. The van der Waals surface area contributed by atoms with Gasteiger partial charge in [-0.2, -0.15) is 0 Å². The lowest BCUT2D eigenvalue weighted by Gasteiger charge is -2.10. The molecule has 0 aliphatic rings. The number of primary amides is 1. The van der Waals surface area contributed by atoms with Gasteiger partial charge in [0.1, 0.15) is 5.82 Å². The fourth-order valence-corrected chi connectivity index (χ4v) is 2.81. The van der Waals surface area contributed by atoms with Crippen molar-refractivity contribution in [3.05, 3.63) is 41.7 Å². The molecule has 2 N–H and O–H groups in total. The summed E-state index contributed by atoms with van der Waals surface area (Å²) in [5.74, 6) is 0.464. The van der Waals surface area contributed by atoms with Crippen LogP contribution >= 0.6 is 11.8 Å². The van der Waals surface area contributed by atoms with E-state index in [2.05, 4.69) is 29.3 Å². The Hall–Kier alpha value is -1.82. The predicted molar refractivity (Wildman–Crippen MR) is 79.2 cm³/mol. The van der Waals surface area contributed by atoms with E-state index < -0.39 is 0 Å². The van der Waals surface area contributed by atoms with Crippen molar-refractivity contribution in [2.24, 2.45) is 12.8 Å². The van der Waals surface area contributed by atoms with Crippen LogP contribution in [0.1, 0.15) is 30.0 Å². The van der Waals surface area contributed by atoms with Gasteiger partial charge in [0, 0.05) is 25.1 Å². The first-order valence-electron chi connectivity index (χ1n) is 6.46. The van der Waals surface area contributed by atoms with Crippen LogP contribution in [0.5, 0.6) is 0 Å². The van der Waals surface area contributed by atoms with Crippen molar-refractivity contribution in [1.82, 2.24) is 14.8 Å². The summed E-state index contributed by atoms with van der Waals surface area (Å²) in [5, 5.41) is 9.44. The van der Waals surface area contributed by atoms with Crippen LogP contribution in [-0.4, -0.2) is 20.7 Å². The van der Waals surface area contributed by atoms with Crippen LogP contribution in [-0.2, 0) is 18.3 Å². The third kappa shape index (κ3) is 3.60. The number of thioether (sulfide) groups is 1. The molecule has 0 bridgehead atoms. The normalized spacial score (nSPS) is 12.3. The second-order valence-electron chi connectivity index (χ2n) is 4.59. The topological polar surface area (TPSA) is 73.8 Å². The van der Waals surface area contributed by atoms with E-state index in [1.54, 1.807) is 11.8 Å². The number of nitrogens with zero attached hydrogens (tertiary/aromatic N) is 3. The number of aryl methyl sites for hydroxylation is 1. The number of rotatable bonds is 6. The van der Waals surface area contributed by atoms with Gasteiger partial charge in [0.2, 0.25) is 5.91 Å². The third-order valence-corrected chi connectivity index (χ3v) is 4.26. The van der Waals surface area contributed by atoms with Gasteiger partial charge >= 0.3 is 0 Å². The molecule has 2 rings (SSSR count). The van der Waals surface area contributed by atoms with E-state index >= 15 is 0 Å². The van der Waals surface area contributed by atoms with Crippen molar-refractivity contribution in [2.45, 2.75) is 30.2 Å². The molecule has 0 aliphatic carbocycles. The highest BCUT2D eigenvalue weighted by Crippen LogP contribution is 2.33. The van der Waals surface area contributed by atoms with Crippen LogP contribution in [0.4, 0.5) is 0 Å². The minimum absolute atomic E-state index is 0.295. The van der Waals surface area contributed by atoms with Crippen LogP contribution < -0.4 is 5.73 Å². The highest BCUT2D eigenvalue weighted by molar-refractivity contribution is 7.99. The first-order valence-corrected chi connectivity index (χ1v) is 7.34. The summed E-state index contributed by atoms with van der Waals surface area (Å²) in [6.45, 7) is 2.14. The number of carbonyl (C=O) groups is 1. The summed E-state index contributed by atoms with van der Waals surface area (Å²) >= 11 is 1.65. The molecular formula is C14H18N4OS. The Balaban J connectivity index is 2.05. The van der Waals surface area contributed by atoms with Gasteiger partial charge in [-0.1, -0.05) is 42.1 Å². The first-order chi connectivity index (χ1) is 9.58. The van der Waals surface area contributed by atoms with Crippen molar-refractivity contribution < 1.29 is 4.79 Å². The monoisotopic (exact) mass is 290 g/mol. The lowest BCUT2D eigenvalue weighted by molar-refractivity contribution is -0.118. The average Bonchev–Trinajstić information content (AvgIpc) is 2.78. The SMILES string of the molecule is C[C@H](Sc1nnc(CCC(N)=O)n1C)c1ccccc1. The molecule has 6 heteroatoms. The smallest absolute Gasteiger partial charge is 0.217 e. The largest absolute Gasteiger partial charge is 0.370 e. The first kappa shape index (κ1) is 14.6. The molecule has 20 heavy (non-hydrogen) atoms. The molecule has 1 heterocycles. The average molecular weight is 290 g/mol. The molecule has 1 atom stereocenters. The number of amides is 1. The van der Waals surface area contributed by atoms with E-state index in [9.17, 15) is 4.79 Å². The maximum absolute atomic E-state index is 10.8. The molecule has 0 fully saturated rings. The molecule has 0 saturated heterocycles. The molecule has 0 unspecified atom stereocenters. The Labute approximate surface area is 122 Å². The van der Waals surface area contributed by atoms with Gasteiger partial charge in [0.05, 0.1) is 0 Å². The standard InChI is InChI=1S/C14H18N4OS/c1-10(11-6-4-3-5-7-11)20-14-17-16-13(18(14)2)9-8-12(15)19/h3-7,10H,8-9H2,1-2H3,(H2,15,19)/t10-/m0/s1. The minimum Gasteiger partial charge on any atom is -0.370 e. The predicted octanol–water partition coefficient (Wildman–Crippen LogP) is 2.09. The maximum Gasteiger partial charge on any atom is 0.217 e. The molecule has 1 aromatic carbocycles. The Morgan fingerprint density at radius 3 is 2.70 bits per heavy atom. The van der Waals surface area contributed by atoms with E-state index in [4.69, 9.17) is 5.73 Å². The fraction of sp³-hybridized carbons (Fsp3) is 0.357. The number of carbonyl (C=O) groups excluding carboxylic acids is 1. The van der Waals surface area contributed by atoms with Gasteiger partial charge < -0.3 is 10.3 Å². The van der Waals surface area contributed by atoms with E-state index in [1.165, 1.54) is 5.56 Å². The maximum atomic E-state index is 10.8. The lowest BCUT2D eigenvalue weighted by Crippen LogP contribution is -2.12. The summed E-state index contributed by atoms with van der Waals surface area (Å²) in [4.78, 5) is 10.8. The third-order valence-electron chi connectivity index (χ3n) is 3.07. The van der Waals surface area contributed by atoms with Gasteiger partial charge in [-0.3, -0.25) is 4.79 Å². The quantitative estimate of drug-likeness (QED) is 0.827. The van der Waals surface area contributed by atoms with Crippen molar-refractivity contribution >= 4 is 17.7 Å². The second kappa shape index (κ2) is 6.56. The van der Waals surface area contributed by atoms with Crippen molar-refractivity contribution in [3.63, 3.8) is 0 Å². The zero-order valence-corrected chi connectivity index (χ0v) is 12.4. The molecule has 0 aliphatic heterocycles. The zero-order chi connectivity index (χ0) is 14.5. The Kier molecular flexibility index (Phi) is 4.79. The Morgan fingerprint density at radius 2 is 2.05 bits per heavy atom. The highest BCUT2D eigenvalue weighted by atomic mass is 32.2. The number of hydrogen-bond donors (Lipinski definition) is 1. The van der Waals surface area contributed by atoms with Crippen LogP contribution in [0.15, 0.2) is 35.5 Å². The van der Waals surface area contributed by atoms with E-state index in [0.29, 0.717) is 18.1 Å². The van der Waals surface area contributed by atoms with Gasteiger partial charge in [-0.15, -0.1) is 10.2 Å². The summed E-state index contributed by atoms with van der Waals surface area (Å²) in [5.41, 5.74) is 6.40. The lowest BCUT2D eigenvalue weighted by atomic mass is 10.2. The molecule has 106 valence electrons. The van der Waals surface area contributed by atoms with Gasteiger partial charge in [-0.05, 0) is 12.5 Å². The number of nitrogens with two attached hydrogens (primary N) is 1. The molecule has 1 aromatic heterocycles. The molecule has 0 saturated carbocycles. The fourth-order valence-electron chi connectivity index (χ4n) is 1.85. The van der Waals surface area contributed by atoms with E-state index in [-0.39, 0.29) is 5.91 Å². The summed E-state index contributed by atoms with van der Waals surface area (Å²) in [6, 6.07) is 10.3. The zero-order valence-electron chi connectivity index (χ0n) is 11.6. The van der Waals surface area contributed by atoms with E-state index in [1.807, 2.05) is 29.8 Å². The van der Waals surface area contributed by atoms with Crippen molar-refractivity contribution in [1.29, 1.82) is 0 Å². The van der Waals surface area contributed by atoms with E-state index in [0.717, 1.165) is 11.0 Å². The minimum atomic E-state index is -0.320. The highest BCUT2D eigenvalue weighted by Gasteiger charge is 2.14. The van der Waals surface area contributed by atoms with Gasteiger partial charge in [-0.25, -0.2) is 0 Å². The Bertz CT molecular complexity index is 582. The van der Waals surface area contributed by atoms with Crippen LogP contribution in [0.2, 0.25) is 0 Å². The molecular weight excluding hydrogens is 272 g/mol. The number of aromatic nitrogens is 3.